The summed E-state index contributed by atoms with van der Waals surface area (Å²) < 4.78 is 5.19. The Morgan fingerprint density at radius 3 is 2.68 bits per heavy atom. The van der Waals surface area contributed by atoms with Gasteiger partial charge < -0.3 is 15.8 Å². The van der Waals surface area contributed by atoms with Crippen molar-refractivity contribution in [2.45, 2.75) is 37.8 Å². The van der Waals surface area contributed by atoms with Crippen LogP contribution in [-0.2, 0) is 19.1 Å². The van der Waals surface area contributed by atoms with E-state index in [2.05, 4.69) is 5.32 Å². The summed E-state index contributed by atoms with van der Waals surface area (Å²) in [5.41, 5.74) is 5.60. The van der Waals surface area contributed by atoms with Crippen LogP contribution in [0.1, 0.15) is 25.7 Å². The Kier molecular flexibility index (Phi) is 4.49. The lowest BCUT2D eigenvalue weighted by atomic mass is 10.0. The molecule has 0 spiro atoms. The second-order valence-electron chi connectivity index (χ2n) is 4.92. The highest BCUT2D eigenvalue weighted by Gasteiger charge is 2.33. The minimum absolute atomic E-state index is 0.0601. The zero-order valence-electron chi connectivity index (χ0n) is 10.8. The van der Waals surface area contributed by atoms with Crippen molar-refractivity contribution in [1.29, 1.82) is 0 Å². The van der Waals surface area contributed by atoms with Crippen molar-refractivity contribution in [2.75, 3.05) is 19.8 Å². The Bertz CT molecular complexity index is 379. The van der Waals surface area contributed by atoms with Gasteiger partial charge in [-0.25, -0.2) is 0 Å². The molecule has 1 atom stereocenters. The van der Waals surface area contributed by atoms with Gasteiger partial charge in [0.15, 0.2) is 0 Å². The zero-order chi connectivity index (χ0) is 13.8. The lowest BCUT2D eigenvalue weighted by Crippen LogP contribution is -2.55. The van der Waals surface area contributed by atoms with E-state index in [1.165, 1.54) is 0 Å². The molecule has 2 rings (SSSR count). The van der Waals surface area contributed by atoms with Gasteiger partial charge >= 0.3 is 0 Å². The SMILES string of the molecule is NC1CCC(=O)N(CC(=O)NC2CCOCC2)C1=O. The molecular weight excluding hydrogens is 250 g/mol. The Hall–Kier alpha value is -1.47. The minimum atomic E-state index is -0.673. The van der Waals surface area contributed by atoms with Gasteiger partial charge in [-0.3, -0.25) is 19.3 Å². The molecule has 106 valence electrons. The Labute approximate surface area is 111 Å². The van der Waals surface area contributed by atoms with Gasteiger partial charge in [-0.2, -0.15) is 0 Å². The highest BCUT2D eigenvalue weighted by Crippen LogP contribution is 2.11. The molecule has 2 aliphatic heterocycles. The van der Waals surface area contributed by atoms with Crippen LogP contribution in [0.15, 0.2) is 0 Å². The van der Waals surface area contributed by atoms with Crippen molar-refractivity contribution < 1.29 is 19.1 Å². The van der Waals surface area contributed by atoms with Crippen LogP contribution in [0.4, 0.5) is 0 Å². The van der Waals surface area contributed by atoms with E-state index < -0.39 is 11.9 Å². The van der Waals surface area contributed by atoms with Gasteiger partial charge in [-0.1, -0.05) is 0 Å². The van der Waals surface area contributed by atoms with Crippen molar-refractivity contribution in [1.82, 2.24) is 10.2 Å². The van der Waals surface area contributed by atoms with Gasteiger partial charge in [-0.15, -0.1) is 0 Å². The van der Waals surface area contributed by atoms with Gasteiger partial charge in [-0.05, 0) is 19.3 Å². The highest BCUT2D eigenvalue weighted by atomic mass is 16.5. The summed E-state index contributed by atoms with van der Waals surface area (Å²) >= 11 is 0. The molecule has 3 N–H and O–H groups in total. The number of carbonyl (C=O) groups excluding carboxylic acids is 3. The first-order valence-electron chi connectivity index (χ1n) is 6.55. The normalized spacial score (nSPS) is 25.5. The van der Waals surface area contributed by atoms with E-state index in [-0.39, 0.29) is 30.8 Å². The third-order valence-electron chi connectivity index (χ3n) is 3.44. The number of piperidine rings is 1. The second-order valence-corrected chi connectivity index (χ2v) is 4.92. The predicted molar refractivity (Wildman–Crippen MR) is 65.9 cm³/mol. The fourth-order valence-corrected chi connectivity index (χ4v) is 2.29. The Balaban J connectivity index is 1.86. The second kappa shape index (κ2) is 6.12. The van der Waals surface area contributed by atoms with Crippen LogP contribution in [0.25, 0.3) is 0 Å². The Morgan fingerprint density at radius 2 is 2.00 bits per heavy atom. The molecule has 0 bridgehead atoms. The summed E-state index contributed by atoms with van der Waals surface area (Å²) in [7, 11) is 0. The number of likely N-dealkylation sites (tertiary alicyclic amines) is 1. The summed E-state index contributed by atoms with van der Waals surface area (Å²) in [6.07, 6.45) is 2.09. The summed E-state index contributed by atoms with van der Waals surface area (Å²) in [6.45, 7) is 1.01. The largest absolute Gasteiger partial charge is 0.381 e. The lowest BCUT2D eigenvalue weighted by Gasteiger charge is -2.29. The number of nitrogens with two attached hydrogens (primary N) is 1. The molecule has 0 aromatic heterocycles. The maximum absolute atomic E-state index is 11.8. The topological polar surface area (TPSA) is 102 Å². The molecule has 2 aliphatic rings. The van der Waals surface area contributed by atoms with E-state index in [1.54, 1.807) is 0 Å². The van der Waals surface area contributed by atoms with Gasteiger partial charge in [0, 0.05) is 25.7 Å². The first-order chi connectivity index (χ1) is 9.08. The number of nitrogens with zero attached hydrogens (tertiary/aromatic N) is 1. The number of rotatable bonds is 3. The maximum Gasteiger partial charge on any atom is 0.246 e. The number of hydrogen-bond acceptors (Lipinski definition) is 5. The monoisotopic (exact) mass is 269 g/mol. The minimum Gasteiger partial charge on any atom is -0.381 e. The van der Waals surface area contributed by atoms with E-state index in [9.17, 15) is 14.4 Å². The molecule has 1 unspecified atom stereocenters. The number of ether oxygens (including phenoxy) is 1. The predicted octanol–water partition coefficient (Wildman–Crippen LogP) is -1.24. The van der Waals surface area contributed by atoms with Crippen LogP contribution < -0.4 is 11.1 Å². The number of imide groups is 1. The molecule has 0 saturated carbocycles. The number of amides is 3. The van der Waals surface area contributed by atoms with Crippen LogP contribution in [0, 0.1) is 0 Å². The van der Waals surface area contributed by atoms with Crippen molar-refractivity contribution in [3.05, 3.63) is 0 Å². The van der Waals surface area contributed by atoms with Crippen LogP contribution in [0.3, 0.4) is 0 Å². The van der Waals surface area contributed by atoms with E-state index >= 15 is 0 Å². The van der Waals surface area contributed by atoms with Crippen LogP contribution in [0.2, 0.25) is 0 Å². The van der Waals surface area contributed by atoms with Gasteiger partial charge in [0.05, 0.1) is 6.04 Å². The quantitative estimate of drug-likeness (QED) is 0.624. The van der Waals surface area contributed by atoms with Crippen LogP contribution >= 0.6 is 0 Å². The molecule has 7 heteroatoms. The molecule has 2 heterocycles. The fourth-order valence-electron chi connectivity index (χ4n) is 2.29. The third kappa shape index (κ3) is 3.51. The van der Waals surface area contributed by atoms with Gasteiger partial charge in [0.25, 0.3) is 0 Å². The molecule has 7 nitrogen and oxygen atoms in total. The molecule has 2 saturated heterocycles. The summed E-state index contributed by atoms with van der Waals surface area (Å²) in [5, 5.41) is 2.82. The maximum atomic E-state index is 11.8. The Morgan fingerprint density at radius 1 is 1.32 bits per heavy atom. The average molecular weight is 269 g/mol. The van der Waals surface area contributed by atoms with Crippen molar-refractivity contribution >= 4 is 17.7 Å². The molecule has 0 aromatic carbocycles. The highest BCUT2D eigenvalue weighted by molar-refractivity contribution is 6.03. The van der Waals surface area contributed by atoms with Crippen molar-refractivity contribution in [3.8, 4) is 0 Å². The van der Waals surface area contributed by atoms with Gasteiger partial charge in [0.2, 0.25) is 17.7 Å². The van der Waals surface area contributed by atoms with E-state index in [4.69, 9.17) is 10.5 Å². The summed E-state index contributed by atoms with van der Waals surface area (Å²) in [6, 6.07) is -0.613. The van der Waals surface area contributed by atoms with E-state index in [1.807, 2.05) is 0 Å². The summed E-state index contributed by atoms with van der Waals surface area (Å²) in [4.78, 5) is 36.2. The van der Waals surface area contributed by atoms with Crippen LogP contribution in [-0.4, -0.2) is 54.5 Å². The number of hydrogen-bond donors (Lipinski definition) is 2. The van der Waals surface area contributed by atoms with E-state index in [0.29, 0.717) is 19.6 Å². The molecule has 0 radical (unpaired) electrons. The average Bonchev–Trinajstić information content (AvgIpc) is 2.40. The standard InChI is InChI=1S/C12H19N3O4/c13-9-1-2-11(17)15(12(9)18)7-10(16)14-8-3-5-19-6-4-8/h8-9H,1-7,13H2,(H,14,16). The van der Waals surface area contributed by atoms with E-state index in [0.717, 1.165) is 17.7 Å². The van der Waals surface area contributed by atoms with Gasteiger partial charge in [0.1, 0.15) is 6.54 Å². The summed E-state index contributed by atoms with van der Waals surface area (Å²) in [5.74, 6) is -1.10. The lowest BCUT2D eigenvalue weighted by molar-refractivity contribution is -0.152. The van der Waals surface area contributed by atoms with Crippen molar-refractivity contribution in [3.63, 3.8) is 0 Å². The fraction of sp³-hybridized carbons (Fsp3) is 0.750. The smallest absolute Gasteiger partial charge is 0.246 e. The third-order valence-corrected chi connectivity index (χ3v) is 3.44. The zero-order valence-corrected chi connectivity index (χ0v) is 10.8. The number of carbonyl (C=O) groups is 3. The molecule has 2 fully saturated rings. The van der Waals surface area contributed by atoms with Crippen molar-refractivity contribution in [2.24, 2.45) is 5.73 Å². The first kappa shape index (κ1) is 14.0. The molecule has 19 heavy (non-hydrogen) atoms. The molecule has 0 aliphatic carbocycles. The molecule has 3 amide bonds. The number of nitrogens with one attached hydrogen (secondary N) is 1. The first-order valence-corrected chi connectivity index (χ1v) is 6.55. The van der Waals surface area contributed by atoms with Crippen LogP contribution in [0.5, 0.6) is 0 Å². The molecular formula is C12H19N3O4. The molecule has 0 aromatic rings.